The van der Waals surface area contributed by atoms with Gasteiger partial charge >= 0.3 is 0 Å². The number of rotatable bonds is 3. The van der Waals surface area contributed by atoms with Crippen LogP contribution < -0.4 is 5.73 Å². The molecule has 0 aliphatic carbocycles. The zero-order valence-corrected chi connectivity index (χ0v) is 11.0. The first-order valence-corrected chi connectivity index (χ1v) is 5.91. The zero-order chi connectivity index (χ0) is 13.3. The Morgan fingerprint density at radius 1 is 1.39 bits per heavy atom. The Hall–Kier alpha value is -1.82. The van der Waals surface area contributed by atoms with Crippen molar-refractivity contribution >= 4 is 5.82 Å². The fraction of sp³-hybridized carbons (Fsp3) is 0.500. The molecule has 6 nitrogen and oxygen atoms in total. The highest BCUT2D eigenvalue weighted by Crippen LogP contribution is 2.24. The Balaban J connectivity index is 2.35. The minimum atomic E-state index is -0.0412. The first kappa shape index (κ1) is 12.6. The Morgan fingerprint density at radius 3 is 2.67 bits per heavy atom. The van der Waals surface area contributed by atoms with Gasteiger partial charge in [0.1, 0.15) is 11.5 Å². The largest absolute Gasteiger partial charge is 0.394 e. The molecule has 3 N–H and O–H groups in total. The standard InChI is InChI=1S/C12H19N5O/c1-12(2,3)10-6-11(13)17(15-10)9-7-14-16(8-9)4-5-18/h6-8,18H,4-5,13H2,1-3H3. The minimum Gasteiger partial charge on any atom is -0.394 e. The van der Waals surface area contributed by atoms with Crippen LogP contribution in [0.3, 0.4) is 0 Å². The molecule has 0 unspecified atom stereocenters. The van der Waals surface area contributed by atoms with Gasteiger partial charge in [-0.3, -0.25) is 4.68 Å². The van der Waals surface area contributed by atoms with Crippen molar-refractivity contribution in [3.8, 4) is 5.69 Å². The van der Waals surface area contributed by atoms with Gasteiger partial charge in [0, 0.05) is 11.5 Å². The lowest BCUT2D eigenvalue weighted by Gasteiger charge is -2.13. The molecule has 0 amide bonds. The molecular formula is C12H19N5O. The molecule has 18 heavy (non-hydrogen) atoms. The maximum Gasteiger partial charge on any atom is 0.127 e. The number of nitrogen functional groups attached to an aromatic ring is 1. The topological polar surface area (TPSA) is 81.9 Å². The molecule has 0 aromatic carbocycles. The molecule has 0 aliphatic rings. The third-order valence-electron chi connectivity index (χ3n) is 2.70. The van der Waals surface area contributed by atoms with Crippen LogP contribution in [0.4, 0.5) is 5.82 Å². The van der Waals surface area contributed by atoms with Crippen LogP contribution in [0.1, 0.15) is 26.5 Å². The number of aliphatic hydroxyl groups is 1. The van der Waals surface area contributed by atoms with Crippen LogP contribution in [0.25, 0.3) is 5.69 Å². The quantitative estimate of drug-likeness (QED) is 0.848. The molecular weight excluding hydrogens is 230 g/mol. The highest BCUT2D eigenvalue weighted by Gasteiger charge is 2.19. The maximum absolute atomic E-state index is 8.86. The molecule has 0 saturated heterocycles. The summed E-state index contributed by atoms with van der Waals surface area (Å²) in [7, 11) is 0. The number of nitrogens with zero attached hydrogens (tertiary/aromatic N) is 4. The first-order chi connectivity index (χ1) is 8.41. The maximum atomic E-state index is 8.86. The smallest absolute Gasteiger partial charge is 0.127 e. The predicted octanol–water partition coefficient (Wildman–Crippen LogP) is 0.941. The van der Waals surface area contributed by atoms with Crippen LogP contribution >= 0.6 is 0 Å². The Kier molecular flexibility index (Phi) is 3.13. The monoisotopic (exact) mass is 249 g/mol. The van der Waals surface area contributed by atoms with Crippen molar-refractivity contribution in [2.45, 2.75) is 32.7 Å². The van der Waals surface area contributed by atoms with Gasteiger partial charge in [0.15, 0.2) is 0 Å². The van der Waals surface area contributed by atoms with Gasteiger partial charge in [0.25, 0.3) is 0 Å². The molecule has 0 aliphatic heterocycles. The summed E-state index contributed by atoms with van der Waals surface area (Å²) in [5.41, 5.74) is 7.67. The van der Waals surface area contributed by atoms with Gasteiger partial charge in [-0.25, -0.2) is 4.68 Å². The van der Waals surface area contributed by atoms with Crippen LogP contribution in [0.15, 0.2) is 18.5 Å². The van der Waals surface area contributed by atoms with E-state index in [4.69, 9.17) is 10.8 Å². The van der Waals surface area contributed by atoms with E-state index in [0.717, 1.165) is 11.4 Å². The Labute approximate surface area is 106 Å². The van der Waals surface area contributed by atoms with Gasteiger partial charge in [-0.2, -0.15) is 10.2 Å². The van der Waals surface area contributed by atoms with E-state index in [2.05, 4.69) is 31.0 Å². The molecule has 98 valence electrons. The molecule has 2 aromatic rings. The van der Waals surface area contributed by atoms with E-state index in [-0.39, 0.29) is 12.0 Å². The van der Waals surface area contributed by atoms with Crippen LogP contribution in [-0.2, 0) is 12.0 Å². The van der Waals surface area contributed by atoms with Gasteiger partial charge in [-0.05, 0) is 0 Å². The van der Waals surface area contributed by atoms with Crippen LogP contribution in [-0.4, -0.2) is 31.3 Å². The second-order valence-corrected chi connectivity index (χ2v) is 5.30. The molecule has 2 aromatic heterocycles. The van der Waals surface area contributed by atoms with Gasteiger partial charge in [0.2, 0.25) is 0 Å². The van der Waals surface area contributed by atoms with E-state index < -0.39 is 0 Å². The minimum absolute atomic E-state index is 0.0412. The average Bonchev–Trinajstić information content (AvgIpc) is 2.84. The molecule has 0 bridgehead atoms. The van der Waals surface area contributed by atoms with E-state index in [0.29, 0.717) is 12.4 Å². The number of hydrogen-bond donors (Lipinski definition) is 2. The van der Waals surface area contributed by atoms with Gasteiger partial charge in [-0.1, -0.05) is 20.8 Å². The van der Waals surface area contributed by atoms with E-state index >= 15 is 0 Å². The van der Waals surface area contributed by atoms with Crippen molar-refractivity contribution < 1.29 is 5.11 Å². The highest BCUT2D eigenvalue weighted by atomic mass is 16.3. The van der Waals surface area contributed by atoms with Crippen LogP contribution in [0.5, 0.6) is 0 Å². The number of nitrogens with two attached hydrogens (primary N) is 1. The summed E-state index contributed by atoms with van der Waals surface area (Å²) >= 11 is 0. The lowest BCUT2D eigenvalue weighted by atomic mass is 9.92. The number of hydrogen-bond acceptors (Lipinski definition) is 4. The summed E-state index contributed by atoms with van der Waals surface area (Å²) in [5, 5.41) is 17.5. The van der Waals surface area contributed by atoms with E-state index in [1.807, 2.05) is 12.3 Å². The van der Waals surface area contributed by atoms with Crippen molar-refractivity contribution in [1.82, 2.24) is 19.6 Å². The van der Waals surface area contributed by atoms with E-state index in [9.17, 15) is 0 Å². The number of aromatic nitrogens is 4. The summed E-state index contributed by atoms with van der Waals surface area (Å²) in [6.07, 6.45) is 3.50. The zero-order valence-electron chi connectivity index (χ0n) is 11.0. The average molecular weight is 249 g/mol. The SMILES string of the molecule is CC(C)(C)c1cc(N)n(-c2cnn(CCO)c2)n1. The van der Waals surface area contributed by atoms with Gasteiger partial charge < -0.3 is 10.8 Å². The Bertz CT molecular complexity index is 535. The lowest BCUT2D eigenvalue weighted by molar-refractivity contribution is 0.269. The third kappa shape index (κ3) is 2.38. The highest BCUT2D eigenvalue weighted by molar-refractivity contribution is 5.42. The van der Waals surface area contributed by atoms with Gasteiger partial charge in [-0.15, -0.1) is 0 Å². The van der Waals surface area contributed by atoms with Crippen LogP contribution in [0.2, 0.25) is 0 Å². The van der Waals surface area contributed by atoms with Crippen molar-refractivity contribution in [3.05, 3.63) is 24.2 Å². The molecule has 2 rings (SSSR count). The molecule has 6 heteroatoms. The van der Waals surface area contributed by atoms with E-state index in [1.54, 1.807) is 15.6 Å². The van der Waals surface area contributed by atoms with Gasteiger partial charge in [0.05, 0.1) is 31.2 Å². The van der Waals surface area contributed by atoms with Crippen molar-refractivity contribution in [2.75, 3.05) is 12.3 Å². The molecule has 0 spiro atoms. The third-order valence-corrected chi connectivity index (χ3v) is 2.70. The summed E-state index contributed by atoms with van der Waals surface area (Å²) in [6.45, 7) is 6.80. The predicted molar refractivity (Wildman–Crippen MR) is 69.5 cm³/mol. The van der Waals surface area contributed by atoms with Crippen molar-refractivity contribution in [2.24, 2.45) is 0 Å². The summed E-state index contributed by atoms with van der Waals surface area (Å²) < 4.78 is 3.33. The van der Waals surface area contributed by atoms with Crippen molar-refractivity contribution in [1.29, 1.82) is 0 Å². The molecule has 0 radical (unpaired) electrons. The second-order valence-electron chi connectivity index (χ2n) is 5.30. The molecule has 2 heterocycles. The molecule has 0 atom stereocenters. The molecule has 0 saturated carbocycles. The summed E-state index contributed by atoms with van der Waals surface area (Å²) in [4.78, 5) is 0. The first-order valence-electron chi connectivity index (χ1n) is 5.91. The van der Waals surface area contributed by atoms with E-state index in [1.165, 1.54) is 0 Å². The fourth-order valence-electron chi connectivity index (χ4n) is 1.66. The fourth-order valence-corrected chi connectivity index (χ4v) is 1.66. The second kappa shape index (κ2) is 4.45. The lowest BCUT2D eigenvalue weighted by Crippen LogP contribution is -2.12. The Morgan fingerprint density at radius 2 is 2.11 bits per heavy atom. The summed E-state index contributed by atoms with van der Waals surface area (Å²) in [5.74, 6) is 0.587. The normalized spacial score (nSPS) is 12.0. The number of anilines is 1. The van der Waals surface area contributed by atoms with Crippen molar-refractivity contribution in [3.63, 3.8) is 0 Å². The molecule has 0 fully saturated rings. The van der Waals surface area contributed by atoms with Crippen LogP contribution in [0, 0.1) is 0 Å². The number of aliphatic hydroxyl groups excluding tert-OH is 1. The summed E-state index contributed by atoms with van der Waals surface area (Å²) in [6, 6.07) is 1.88.